The van der Waals surface area contributed by atoms with Crippen LogP contribution in [0.3, 0.4) is 0 Å². The fourth-order valence-electron chi connectivity index (χ4n) is 3.22. The molecule has 0 heterocycles. The molecule has 0 aromatic heterocycles. The third-order valence-electron chi connectivity index (χ3n) is 4.44. The van der Waals surface area contributed by atoms with Gasteiger partial charge in [0.15, 0.2) is 0 Å². The van der Waals surface area contributed by atoms with Crippen molar-refractivity contribution in [2.45, 2.75) is 12.8 Å². The first-order chi connectivity index (χ1) is 11.9. The molecule has 0 amide bonds. The predicted octanol–water partition coefficient (Wildman–Crippen LogP) is 5.62. The van der Waals surface area contributed by atoms with Crippen LogP contribution in [0, 0.1) is 12.1 Å². The summed E-state index contributed by atoms with van der Waals surface area (Å²) in [7, 11) is 0. The van der Waals surface area contributed by atoms with E-state index in [4.69, 9.17) is 0 Å². The van der Waals surface area contributed by atoms with Crippen LogP contribution in [0.2, 0.25) is 0 Å². The topological polar surface area (TPSA) is 0 Å². The maximum absolute atomic E-state index is 3.40. The van der Waals surface area contributed by atoms with Gasteiger partial charge in [0.2, 0.25) is 0 Å². The largest absolute Gasteiger partial charge is 0.180 e. The second-order valence-electron chi connectivity index (χ2n) is 6.06. The van der Waals surface area contributed by atoms with Gasteiger partial charge in [-0.25, -0.2) is 0 Å². The van der Waals surface area contributed by atoms with Gasteiger partial charge in [0.1, 0.15) is 0 Å². The third kappa shape index (κ3) is 4.26. The van der Waals surface area contributed by atoms with E-state index in [9.17, 15) is 0 Å². The Hall–Kier alpha value is -1.76. The Morgan fingerprint density at radius 3 is 2.04 bits per heavy atom. The van der Waals surface area contributed by atoms with E-state index in [2.05, 4.69) is 72.8 Å². The zero-order valence-electron chi connectivity index (χ0n) is 14.1. The number of hydrogen-bond acceptors (Lipinski definition) is 0. The first kappa shape index (κ1) is 18.0. The molecule has 4 aromatic carbocycles. The summed E-state index contributed by atoms with van der Waals surface area (Å²) in [6, 6.07) is 36.4. The Morgan fingerprint density at radius 1 is 0.560 bits per heavy atom. The van der Waals surface area contributed by atoms with E-state index in [1.165, 1.54) is 33.0 Å². The molecule has 0 N–H and O–H groups in total. The van der Waals surface area contributed by atoms with Crippen molar-refractivity contribution in [1.29, 1.82) is 0 Å². The van der Waals surface area contributed by atoms with E-state index < -0.39 is 0 Å². The van der Waals surface area contributed by atoms with E-state index in [1.807, 2.05) is 24.3 Å². The number of fused-ring (bicyclic) bond motifs is 1. The summed E-state index contributed by atoms with van der Waals surface area (Å²) in [5.41, 5.74) is 5.31. The third-order valence-corrected chi connectivity index (χ3v) is 4.44. The summed E-state index contributed by atoms with van der Waals surface area (Å²) in [4.78, 5) is 0. The quantitative estimate of drug-likeness (QED) is 0.394. The second-order valence-corrected chi connectivity index (χ2v) is 6.06. The molecule has 0 aliphatic rings. The van der Waals surface area contributed by atoms with Gasteiger partial charge in [-0.05, 0) is 24.0 Å². The Bertz CT molecular complexity index is 952. The van der Waals surface area contributed by atoms with Crippen LogP contribution in [0.5, 0.6) is 0 Å². The molecule has 4 rings (SSSR count). The van der Waals surface area contributed by atoms with Crippen LogP contribution in [0.1, 0.15) is 22.3 Å². The maximum atomic E-state index is 3.40. The zero-order chi connectivity index (χ0) is 16.2. The van der Waals surface area contributed by atoms with Crippen LogP contribution in [-0.2, 0) is 45.6 Å². The van der Waals surface area contributed by atoms with Crippen molar-refractivity contribution in [3.63, 3.8) is 0 Å². The average molecular weight is 395 g/mol. The fraction of sp³-hybridized carbons (Fsp3) is 0.0833. The standard InChI is InChI=1S/C24H18.Y/c1-2-9-19(10-3-1)17-21-12-4-5-13-22(21)18-23-15-8-14-20-11-6-7-16-24(20)23;/h1-9,11-15H,17-18H2;/q-2;. The number of benzene rings is 4. The van der Waals surface area contributed by atoms with Gasteiger partial charge in [-0.1, -0.05) is 36.4 Å². The molecular formula is C24H18Y-2. The molecule has 1 heteroatoms. The van der Waals surface area contributed by atoms with Crippen LogP contribution in [0.15, 0.2) is 84.9 Å². The van der Waals surface area contributed by atoms with Gasteiger partial charge in [0, 0.05) is 32.7 Å². The number of hydrogen-bond donors (Lipinski definition) is 0. The summed E-state index contributed by atoms with van der Waals surface area (Å²) < 4.78 is 0. The molecule has 0 saturated carbocycles. The van der Waals surface area contributed by atoms with E-state index in [-0.39, 0.29) is 32.7 Å². The molecular weight excluding hydrogens is 377 g/mol. The monoisotopic (exact) mass is 395 g/mol. The SMILES string of the molecule is [Y].[c-]1ccccc1Cc1ccccc1Cc1cccc2ccc[c-]c12. The summed E-state index contributed by atoms with van der Waals surface area (Å²) in [5, 5.41) is 2.48. The summed E-state index contributed by atoms with van der Waals surface area (Å²) in [6.45, 7) is 0. The van der Waals surface area contributed by atoms with E-state index >= 15 is 0 Å². The van der Waals surface area contributed by atoms with E-state index in [0.29, 0.717) is 0 Å². The fourth-order valence-corrected chi connectivity index (χ4v) is 3.22. The molecule has 0 nitrogen and oxygen atoms in total. The smallest absolute Gasteiger partial charge is 0 e. The van der Waals surface area contributed by atoms with Crippen molar-refractivity contribution >= 4 is 10.8 Å². The molecule has 0 bridgehead atoms. The van der Waals surface area contributed by atoms with Crippen LogP contribution in [0.25, 0.3) is 10.8 Å². The van der Waals surface area contributed by atoms with Crippen molar-refractivity contribution in [3.8, 4) is 0 Å². The first-order valence-corrected chi connectivity index (χ1v) is 8.31. The zero-order valence-corrected chi connectivity index (χ0v) is 16.9. The van der Waals surface area contributed by atoms with Gasteiger partial charge in [0.05, 0.1) is 0 Å². The van der Waals surface area contributed by atoms with Gasteiger partial charge in [0.25, 0.3) is 0 Å². The van der Waals surface area contributed by atoms with Crippen molar-refractivity contribution in [3.05, 3.63) is 119 Å². The van der Waals surface area contributed by atoms with Gasteiger partial charge in [-0.2, -0.15) is 35.9 Å². The molecule has 1 radical (unpaired) electrons. The van der Waals surface area contributed by atoms with Crippen molar-refractivity contribution in [1.82, 2.24) is 0 Å². The van der Waals surface area contributed by atoms with Crippen molar-refractivity contribution < 1.29 is 32.7 Å². The van der Waals surface area contributed by atoms with Crippen molar-refractivity contribution in [2.75, 3.05) is 0 Å². The predicted molar refractivity (Wildman–Crippen MR) is 100 cm³/mol. The minimum Gasteiger partial charge on any atom is -0.180 e. The van der Waals surface area contributed by atoms with Crippen LogP contribution in [0.4, 0.5) is 0 Å². The van der Waals surface area contributed by atoms with Crippen molar-refractivity contribution in [2.24, 2.45) is 0 Å². The van der Waals surface area contributed by atoms with Gasteiger partial charge in [-0.15, -0.1) is 46.7 Å². The molecule has 0 unspecified atom stereocenters. The van der Waals surface area contributed by atoms with Crippen LogP contribution < -0.4 is 0 Å². The van der Waals surface area contributed by atoms with Crippen LogP contribution in [-0.4, -0.2) is 0 Å². The molecule has 0 aliphatic heterocycles. The summed E-state index contributed by atoms with van der Waals surface area (Å²) in [6.07, 6.45) is 1.85. The molecule has 4 aromatic rings. The van der Waals surface area contributed by atoms with Crippen LogP contribution >= 0.6 is 0 Å². The Balaban J connectivity index is 0.00000182. The maximum Gasteiger partial charge on any atom is 0 e. The average Bonchev–Trinajstić information content (AvgIpc) is 2.64. The minimum absolute atomic E-state index is 0. The Kier molecular flexibility index (Phi) is 6.18. The van der Waals surface area contributed by atoms with E-state index in [1.54, 1.807) is 0 Å². The number of rotatable bonds is 4. The molecule has 0 spiro atoms. The first-order valence-electron chi connectivity index (χ1n) is 8.31. The minimum atomic E-state index is 0. The normalized spacial score (nSPS) is 10.4. The van der Waals surface area contributed by atoms with Gasteiger partial charge in [-0.3, -0.25) is 0 Å². The van der Waals surface area contributed by atoms with Gasteiger partial charge < -0.3 is 0 Å². The van der Waals surface area contributed by atoms with E-state index in [0.717, 1.165) is 12.8 Å². The molecule has 119 valence electrons. The molecule has 0 aliphatic carbocycles. The Morgan fingerprint density at radius 2 is 1.24 bits per heavy atom. The molecule has 0 atom stereocenters. The molecule has 0 fully saturated rings. The Labute approximate surface area is 174 Å². The second kappa shape index (κ2) is 8.56. The molecule has 0 saturated heterocycles. The summed E-state index contributed by atoms with van der Waals surface area (Å²) >= 11 is 0. The summed E-state index contributed by atoms with van der Waals surface area (Å²) in [5.74, 6) is 0. The molecule has 25 heavy (non-hydrogen) atoms. The van der Waals surface area contributed by atoms with Gasteiger partial charge >= 0.3 is 0 Å².